The molecule has 118 valence electrons. The van der Waals surface area contributed by atoms with Crippen LogP contribution in [-0.4, -0.2) is 28.9 Å². The Morgan fingerprint density at radius 3 is 2.24 bits per heavy atom. The van der Waals surface area contributed by atoms with Crippen molar-refractivity contribution in [2.24, 2.45) is 0 Å². The van der Waals surface area contributed by atoms with Gasteiger partial charge >= 0.3 is 0 Å². The molecule has 0 fully saturated rings. The summed E-state index contributed by atoms with van der Waals surface area (Å²) in [5.74, 6) is -0.872. The van der Waals surface area contributed by atoms with Crippen LogP contribution in [0.4, 0.5) is 4.39 Å². The molecule has 1 aromatic carbocycles. The maximum Gasteiger partial charge on any atom is 0.163 e. The maximum atomic E-state index is 13.6. The highest BCUT2D eigenvalue weighted by atomic mass is 19.1. The van der Waals surface area contributed by atoms with E-state index < -0.39 is 5.82 Å². The van der Waals surface area contributed by atoms with E-state index in [0.717, 1.165) is 44.8 Å². The number of hydrogen-bond donors (Lipinski definition) is 1. The van der Waals surface area contributed by atoms with Crippen molar-refractivity contribution in [2.45, 2.75) is 53.0 Å². The zero-order valence-corrected chi connectivity index (χ0v) is 13.3. The molecule has 21 heavy (non-hydrogen) atoms. The largest absolute Gasteiger partial charge is 0.507 e. The van der Waals surface area contributed by atoms with E-state index in [4.69, 9.17) is 0 Å². The summed E-state index contributed by atoms with van der Waals surface area (Å²) in [6.07, 6.45) is 4.33. The van der Waals surface area contributed by atoms with Gasteiger partial charge in [-0.2, -0.15) is 0 Å². The molecular formula is C17H26FNO2. The van der Waals surface area contributed by atoms with Crippen LogP contribution in [0.15, 0.2) is 12.1 Å². The summed E-state index contributed by atoms with van der Waals surface area (Å²) in [6.45, 7) is 7.91. The molecule has 1 rings (SSSR count). The van der Waals surface area contributed by atoms with E-state index in [0.29, 0.717) is 12.1 Å². The first-order valence-electron chi connectivity index (χ1n) is 7.74. The maximum absolute atomic E-state index is 13.6. The second-order valence-electron chi connectivity index (χ2n) is 5.50. The monoisotopic (exact) mass is 295 g/mol. The number of rotatable bonds is 9. The van der Waals surface area contributed by atoms with Gasteiger partial charge in [-0.3, -0.25) is 9.69 Å². The number of carbonyl (C=O) groups is 1. The van der Waals surface area contributed by atoms with Crippen LogP contribution in [0.1, 0.15) is 62.4 Å². The Balaban J connectivity index is 2.93. The lowest BCUT2D eigenvalue weighted by Gasteiger charge is -2.23. The Bertz CT molecular complexity index is 466. The number of unbranched alkanes of at least 4 members (excludes halogenated alkanes) is 2. The van der Waals surface area contributed by atoms with Gasteiger partial charge in [-0.1, -0.05) is 26.7 Å². The average Bonchev–Trinajstić information content (AvgIpc) is 2.44. The lowest BCUT2D eigenvalue weighted by molar-refractivity contribution is 0.101. The Morgan fingerprint density at radius 1 is 1.19 bits per heavy atom. The van der Waals surface area contributed by atoms with Gasteiger partial charge < -0.3 is 5.11 Å². The fraction of sp³-hybridized carbons (Fsp3) is 0.588. The van der Waals surface area contributed by atoms with Crippen LogP contribution in [0.5, 0.6) is 5.75 Å². The van der Waals surface area contributed by atoms with Gasteiger partial charge in [0.15, 0.2) is 5.78 Å². The highest BCUT2D eigenvalue weighted by molar-refractivity contribution is 5.97. The predicted octanol–water partition coefficient (Wildman–Crippen LogP) is 4.14. The van der Waals surface area contributed by atoms with Crippen LogP contribution >= 0.6 is 0 Å². The second-order valence-corrected chi connectivity index (χ2v) is 5.50. The topological polar surface area (TPSA) is 40.5 Å². The zero-order valence-electron chi connectivity index (χ0n) is 13.3. The Kier molecular flexibility index (Phi) is 7.37. The standard InChI is InChI=1S/C17H26FNO2/c1-4-6-8-19(9-7-5-2)12-14-10-15(18)11-16(13(3)20)17(14)21/h10-11,21H,4-9,12H2,1-3H3. The highest BCUT2D eigenvalue weighted by Gasteiger charge is 2.16. The van der Waals surface area contributed by atoms with Gasteiger partial charge in [0.1, 0.15) is 11.6 Å². The number of halogens is 1. The first kappa shape index (κ1) is 17.6. The minimum Gasteiger partial charge on any atom is -0.507 e. The number of ketones is 1. The molecule has 0 unspecified atom stereocenters. The molecular weight excluding hydrogens is 269 g/mol. The van der Waals surface area contributed by atoms with E-state index in [2.05, 4.69) is 18.7 Å². The molecule has 0 aliphatic rings. The van der Waals surface area contributed by atoms with Gasteiger partial charge in [-0.05, 0) is 45.0 Å². The number of Topliss-reactive ketones (excluding diaryl/α,β-unsaturated/α-hetero) is 1. The molecule has 1 aromatic rings. The minimum atomic E-state index is -0.473. The summed E-state index contributed by atoms with van der Waals surface area (Å²) in [6, 6.07) is 2.43. The molecule has 0 aliphatic heterocycles. The van der Waals surface area contributed by atoms with Crippen molar-refractivity contribution in [1.82, 2.24) is 4.90 Å². The number of hydrogen-bond acceptors (Lipinski definition) is 3. The van der Waals surface area contributed by atoms with Crippen LogP contribution in [-0.2, 0) is 6.54 Å². The first-order valence-corrected chi connectivity index (χ1v) is 7.74. The van der Waals surface area contributed by atoms with Crippen LogP contribution in [0, 0.1) is 5.82 Å². The van der Waals surface area contributed by atoms with Crippen molar-refractivity contribution in [1.29, 1.82) is 0 Å². The molecule has 0 saturated carbocycles. The zero-order chi connectivity index (χ0) is 15.8. The molecule has 0 radical (unpaired) electrons. The molecule has 0 heterocycles. The molecule has 0 atom stereocenters. The molecule has 0 bridgehead atoms. The molecule has 0 amide bonds. The molecule has 0 aliphatic carbocycles. The number of aromatic hydroxyl groups is 1. The fourth-order valence-corrected chi connectivity index (χ4v) is 2.32. The number of benzene rings is 1. The van der Waals surface area contributed by atoms with Gasteiger partial charge in [-0.15, -0.1) is 0 Å². The fourth-order valence-electron chi connectivity index (χ4n) is 2.32. The molecule has 1 N–H and O–H groups in total. The first-order chi connectivity index (χ1) is 9.99. The van der Waals surface area contributed by atoms with Crippen molar-refractivity contribution in [3.05, 3.63) is 29.1 Å². The van der Waals surface area contributed by atoms with Crippen molar-refractivity contribution < 1.29 is 14.3 Å². The average molecular weight is 295 g/mol. The SMILES string of the molecule is CCCCN(CCCC)Cc1cc(F)cc(C(C)=O)c1O. The van der Waals surface area contributed by atoms with E-state index >= 15 is 0 Å². The van der Waals surface area contributed by atoms with Crippen molar-refractivity contribution >= 4 is 5.78 Å². The quantitative estimate of drug-likeness (QED) is 0.696. The second kappa shape index (κ2) is 8.78. The number of phenolic OH excluding ortho intramolecular Hbond substituents is 1. The lowest BCUT2D eigenvalue weighted by Crippen LogP contribution is -2.25. The van der Waals surface area contributed by atoms with Crippen molar-refractivity contribution in [3.8, 4) is 5.75 Å². The third-order valence-corrected chi connectivity index (χ3v) is 3.58. The van der Waals surface area contributed by atoms with Crippen LogP contribution < -0.4 is 0 Å². The normalized spacial score (nSPS) is 11.1. The summed E-state index contributed by atoms with van der Waals surface area (Å²) in [7, 11) is 0. The van der Waals surface area contributed by atoms with E-state index in [1.165, 1.54) is 13.0 Å². The van der Waals surface area contributed by atoms with Crippen LogP contribution in [0.3, 0.4) is 0 Å². The van der Waals surface area contributed by atoms with E-state index in [-0.39, 0.29) is 17.1 Å². The molecule has 0 saturated heterocycles. The molecule has 0 aromatic heterocycles. The third kappa shape index (κ3) is 5.46. The van der Waals surface area contributed by atoms with Crippen molar-refractivity contribution in [2.75, 3.05) is 13.1 Å². The summed E-state index contributed by atoms with van der Waals surface area (Å²) in [5, 5.41) is 10.2. The summed E-state index contributed by atoms with van der Waals surface area (Å²) in [4.78, 5) is 13.7. The van der Waals surface area contributed by atoms with Crippen molar-refractivity contribution in [3.63, 3.8) is 0 Å². The lowest BCUT2D eigenvalue weighted by atomic mass is 10.0. The van der Waals surface area contributed by atoms with Gasteiger partial charge in [0.25, 0.3) is 0 Å². The highest BCUT2D eigenvalue weighted by Crippen LogP contribution is 2.26. The minimum absolute atomic E-state index is 0.0657. The van der Waals surface area contributed by atoms with Crippen LogP contribution in [0.25, 0.3) is 0 Å². The number of phenols is 1. The van der Waals surface area contributed by atoms with Gasteiger partial charge in [0.2, 0.25) is 0 Å². The number of nitrogens with zero attached hydrogens (tertiary/aromatic N) is 1. The Labute approximate surface area is 126 Å². The van der Waals surface area contributed by atoms with Gasteiger partial charge in [0.05, 0.1) is 5.56 Å². The van der Waals surface area contributed by atoms with Gasteiger partial charge in [0, 0.05) is 12.1 Å². The number of carbonyl (C=O) groups excluding carboxylic acids is 1. The molecule has 4 heteroatoms. The Morgan fingerprint density at radius 2 is 1.76 bits per heavy atom. The molecule has 0 spiro atoms. The molecule has 3 nitrogen and oxygen atoms in total. The van der Waals surface area contributed by atoms with E-state index in [1.54, 1.807) is 0 Å². The van der Waals surface area contributed by atoms with E-state index in [1.807, 2.05) is 0 Å². The summed E-state index contributed by atoms with van der Waals surface area (Å²) < 4.78 is 13.6. The summed E-state index contributed by atoms with van der Waals surface area (Å²) >= 11 is 0. The summed E-state index contributed by atoms with van der Waals surface area (Å²) in [5.41, 5.74) is 0.559. The van der Waals surface area contributed by atoms with Crippen LogP contribution in [0.2, 0.25) is 0 Å². The third-order valence-electron chi connectivity index (χ3n) is 3.58. The van der Waals surface area contributed by atoms with Gasteiger partial charge in [-0.25, -0.2) is 4.39 Å². The Hall–Kier alpha value is -1.42. The van der Waals surface area contributed by atoms with E-state index in [9.17, 15) is 14.3 Å². The predicted molar refractivity (Wildman–Crippen MR) is 83.2 cm³/mol. The smallest absolute Gasteiger partial charge is 0.163 e.